The van der Waals surface area contributed by atoms with E-state index in [1.54, 1.807) is 0 Å². The molecular weight excluding hydrogens is 152 g/mol. The van der Waals surface area contributed by atoms with Crippen LogP contribution in [0.5, 0.6) is 0 Å². The predicted molar refractivity (Wildman–Crippen MR) is 48.9 cm³/mol. The third kappa shape index (κ3) is 1.78. The van der Waals surface area contributed by atoms with Crippen LogP contribution in [0.25, 0.3) is 0 Å². The number of amides is 1. The average Bonchev–Trinajstić information content (AvgIpc) is 1.96. The highest BCUT2D eigenvalue weighted by Gasteiger charge is 2.28. The molecule has 3 heteroatoms. The monoisotopic (exact) mass is 170 g/mol. The van der Waals surface area contributed by atoms with Crippen LogP contribution >= 0.6 is 0 Å². The molecule has 0 saturated carbocycles. The fourth-order valence-corrected chi connectivity index (χ4v) is 1.69. The fraction of sp³-hybridized carbons (Fsp3) is 0.889. The lowest BCUT2D eigenvalue weighted by atomic mass is 10.0. The van der Waals surface area contributed by atoms with Gasteiger partial charge in [-0.1, -0.05) is 13.8 Å². The Balaban J connectivity index is 2.61. The first-order valence-electron chi connectivity index (χ1n) is 4.46. The van der Waals surface area contributed by atoms with Gasteiger partial charge in [-0.05, 0) is 13.0 Å². The number of carbonyl (C=O) groups excluding carboxylic acids is 1. The van der Waals surface area contributed by atoms with Crippen molar-refractivity contribution in [2.24, 2.45) is 5.92 Å². The number of carbonyl (C=O) groups is 1. The number of hydrogen-bond acceptors (Lipinski definition) is 2. The standard InChI is InChI=1S/C9H18N2O/c1-7(2)8-5-11(4)9(12)6-10(8)3/h7-8H,5-6H2,1-4H3. The summed E-state index contributed by atoms with van der Waals surface area (Å²) in [5.74, 6) is 0.847. The smallest absolute Gasteiger partial charge is 0.236 e. The minimum absolute atomic E-state index is 0.231. The lowest BCUT2D eigenvalue weighted by Crippen LogP contribution is -2.55. The highest BCUT2D eigenvalue weighted by Crippen LogP contribution is 2.14. The predicted octanol–water partition coefficient (Wildman–Crippen LogP) is 0.415. The van der Waals surface area contributed by atoms with Gasteiger partial charge in [-0.25, -0.2) is 0 Å². The van der Waals surface area contributed by atoms with Crippen molar-refractivity contribution in [3.05, 3.63) is 0 Å². The molecule has 1 aliphatic heterocycles. The van der Waals surface area contributed by atoms with Crippen LogP contribution in [0.1, 0.15) is 13.8 Å². The van der Waals surface area contributed by atoms with Crippen molar-refractivity contribution in [1.82, 2.24) is 9.80 Å². The summed E-state index contributed by atoms with van der Waals surface area (Å²) in [6.45, 7) is 5.84. The minimum Gasteiger partial charge on any atom is -0.343 e. The normalized spacial score (nSPS) is 26.9. The van der Waals surface area contributed by atoms with Crippen LogP contribution < -0.4 is 0 Å². The van der Waals surface area contributed by atoms with Gasteiger partial charge in [-0.2, -0.15) is 0 Å². The molecule has 0 radical (unpaired) electrons. The van der Waals surface area contributed by atoms with Crippen LogP contribution in [0.4, 0.5) is 0 Å². The zero-order valence-electron chi connectivity index (χ0n) is 8.37. The van der Waals surface area contributed by atoms with Crippen molar-refractivity contribution in [1.29, 1.82) is 0 Å². The SMILES string of the molecule is CC(C)C1CN(C)C(=O)CN1C. The van der Waals surface area contributed by atoms with Crippen LogP contribution in [0, 0.1) is 5.92 Å². The van der Waals surface area contributed by atoms with Crippen molar-refractivity contribution in [2.45, 2.75) is 19.9 Å². The number of hydrogen-bond donors (Lipinski definition) is 0. The van der Waals surface area contributed by atoms with Gasteiger partial charge in [0, 0.05) is 19.6 Å². The molecule has 3 nitrogen and oxygen atoms in total. The highest BCUT2D eigenvalue weighted by atomic mass is 16.2. The van der Waals surface area contributed by atoms with E-state index < -0.39 is 0 Å². The fourth-order valence-electron chi connectivity index (χ4n) is 1.69. The molecule has 1 heterocycles. The Hall–Kier alpha value is -0.570. The van der Waals surface area contributed by atoms with E-state index in [4.69, 9.17) is 0 Å². The summed E-state index contributed by atoms with van der Waals surface area (Å²) in [5, 5.41) is 0. The van der Waals surface area contributed by atoms with E-state index in [9.17, 15) is 4.79 Å². The quantitative estimate of drug-likeness (QED) is 0.569. The van der Waals surface area contributed by atoms with Gasteiger partial charge in [0.05, 0.1) is 6.54 Å². The number of piperazine rings is 1. The van der Waals surface area contributed by atoms with E-state index in [2.05, 4.69) is 18.7 Å². The molecule has 0 aliphatic carbocycles. The number of likely N-dealkylation sites (N-methyl/N-ethyl adjacent to an activating group) is 2. The summed E-state index contributed by atoms with van der Waals surface area (Å²) in [6.07, 6.45) is 0. The summed E-state index contributed by atoms with van der Waals surface area (Å²) in [6, 6.07) is 0.521. The van der Waals surface area contributed by atoms with Gasteiger partial charge < -0.3 is 4.90 Å². The molecule has 0 aromatic heterocycles. The largest absolute Gasteiger partial charge is 0.343 e. The van der Waals surface area contributed by atoms with E-state index >= 15 is 0 Å². The van der Waals surface area contributed by atoms with Crippen LogP contribution in [0.2, 0.25) is 0 Å². The third-order valence-electron chi connectivity index (χ3n) is 2.61. The molecule has 0 spiro atoms. The average molecular weight is 170 g/mol. The maximum absolute atomic E-state index is 11.3. The van der Waals surface area contributed by atoms with Gasteiger partial charge in [0.2, 0.25) is 5.91 Å². The summed E-state index contributed by atoms with van der Waals surface area (Å²) < 4.78 is 0. The van der Waals surface area contributed by atoms with Crippen molar-refractivity contribution >= 4 is 5.91 Å². The van der Waals surface area contributed by atoms with Crippen LogP contribution in [0.3, 0.4) is 0 Å². The van der Waals surface area contributed by atoms with E-state index in [0.29, 0.717) is 18.5 Å². The topological polar surface area (TPSA) is 23.6 Å². The second kappa shape index (κ2) is 3.44. The first-order valence-corrected chi connectivity index (χ1v) is 4.46. The molecule has 1 amide bonds. The molecule has 12 heavy (non-hydrogen) atoms. The maximum atomic E-state index is 11.3. The summed E-state index contributed by atoms with van der Waals surface area (Å²) in [7, 11) is 3.90. The Bertz CT molecular complexity index is 179. The first-order chi connectivity index (χ1) is 5.52. The lowest BCUT2D eigenvalue weighted by molar-refractivity contribution is -0.136. The van der Waals surface area contributed by atoms with Gasteiger partial charge in [0.15, 0.2) is 0 Å². The Kier molecular flexibility index (Phi) is 2.73. The summed E-state index contributed by atoms with van der Waals surface area (Å²) >= 11 is 0. The van der Waals surface area contributed by atoms with Crippen molar-refractivity contribution in [3.63, 3.8) is 0 Å². The minimum atomic E-state index is 0.231. The van der Waals surface area contributed by atoms with Gasteiger partial charge in [0.25, 0.3) is 0 Å². The Morgan fingerprint density at radius 1 is 1.42 bits per heavy atom. The second-order valence-electron chi connectivity index (χ2n) is 4.00. The summed E-state index contributed by atoms with van der Waals surface area (Å²) in [5.41, 5.74) is 0. The zero-order chi connectivity index (χ0) is 9.30. The van der Waals surface area contributed by atoms with E-state index in [1.165, 1.54) is 0 Å². The van der Waals surface area contributed by atoms with Gasteiger partial charge in [0.1, 0.15) is 0 Å². The maximum Gasteiger partial charge on any atom is 0.236 e. The van der Waals surface area contributed by atoms with Crippen LogP contribution in [-0.4, -0.2) is 48.9 Å². The van der Waals surface area contributed by atoms with E-state index in [-0.39, 0.29) is 5.91 Å². The van der Waals surface area contributed by atoms with E-state index in [0.717, 1.165) is 6.54 Å². The van der Waals surface area contributed by atoms with Gasteiger partial charge in [-0.3, -0.25) is 9.69 Å². The first kappa shape index (κ1) is 9.52. The molecule has 0 aromatic rings. The molecule has 0 N–H and O–H groups in total. The Morgan fingerprint density at radius 3 is 2.50 bits per heavy atom. The van der Waals surface area contributed by atoms with Gasteiger partial charge >= 0.3 is 0 Å². The van der Waals surface area contributed by atoms with Crippen LogP contribution in [0.15, 0.2) is 0 Å². The molecular formula is C9H18N2O. The molecule has 1 saturated heterocycles. The van der Waals surface area contributed by atoms with Crippen molar-refractivity contribution in [3.8, 4) is 0 Å². The molecule has 1 atom stereocenters. The second-order valence-corrected chi connectivity index (χ2v) is 4.00. The lowest BCUT2D eigenvalue weighted by Gasteiger charge is -2.39. The Labute approximate surface area is 74.3 Å². The molecule has 1 rings (SSSR count). The highest BCUT2D eigenvalue weighted by molar-refractivity contribution is 5.78. The molecule has 0 bridgehead atoms. The summed E-state index contributed by atoms with van der Waals surface area (Å²) in [4.78, 5) is 15.2. The van der Waals surface area contributed by atoms with Crippen molar-refractivity contribution in [2.75, 3.05) is 27.2 Å². The van der Waals surface area contributed by atoms with Gasteiger partial charge in [-0.15, -0.1) is 0 Å². The Morgan fingerprint density at radius 2 is 2.00 bits per heavy atom. The molecule has 0 aromatic carbocycles. The third-order valence-corrected chi connectivity index (χ3v) is 2.61. The number of rotatable bonds is 1. The molecule has 1 fully saturated rings. The molecule has 1 aliphatic rings. The zero-order valence-corrected chi connectivity index (χ0v) is 8.37. The molecule has 70 valence electrons. The van der Waals surface area contributed by atoms with E-state index in [1.807, 2.05) is 19.0 Å². The van der Waals surface area contributed by atoms with Crippen molar-refractivity contribution < 1.29 is 4.79 Å². The molecule has 1 unspecified atom stereocenters. The number of nitrogens with zero attached hydrogens (tertiary/aromatic N) is 2. The van der Waals surface area contributed by atoms with Crippen LogP contribution in [-0.2, 0) is 4.79 Å².